The lowest BCUT2D eigenvalue weighted by Crippen LogP contribution is -2.05. The lowest BCUT2D eigenvalue weighted by Gasteiger charge is -2.11. The van der Waals surface area contributed by atoms with Crippen LogP contribution in [0.5, 0.6) is 5.75 Å². The third-order valence-corrected chi connectivity index (χ3v) is 3.55. The lowest BCUT2D eigenvalue weighted by molar-refractivity contribution is 0.0697. The molecule has 138 valence electrons. The summed E-state index contributed by atoms with van der Waals surface area (Å²) in [6.45, 7) is 3.96. The highest BCUT2D eigenvalue weighted by Gasteiger charge is 2.05. The highest BCUT2D eigenvalue weighted by atomic mass is 16.5. The summed E-state index contributed by atoms with van der Waals surface area (Å²) in [4.78, 5) is 19.4. The molecule has 3 N–H and O–H groups in total. The Balaban J connectivity index is 1.70. The van der Waals surface area contributed by atoms with Gasteiger partial charge in [0.2, 0.25) is 0 Å². The number of benzene rings is 2. The van der Waals surface area contributed by atoms with Gasteiger partial charge >= 0.3 is 5.97 Å². The number of aromatic nitrogens is 2. The van der Waals surface area contributed by atoms with Gasteiger partial charge in [0.15, 0.2) is 0 Å². The number of carboxylic acids is 1. The summed E-state index contributed by atoms with van der Waals surface area (Å²) in [7, 11) is 0. The van der Waals surface area contributed by atoms with Crippen LogP contribution in [-0.2, 0) is 0 Å². The Kier molecular flexibility index (Phi) is 5.51. The smallest absolute Gasteiger partial charge is 0.335 e. The third kappa shape index (κ3) is 5.18. The molecule has 0 aliphatic heterocycles. The SMILES string of the molecule is CC(C)Oc1ccc(Nc2cc(Nc3cccc(C(=O)O)c3)ncn2)cc1. The van der Waals surface area contributed by atoms with E-state index < -0.39 is 5.97 Å². The van der Waals surface area contributed by atoms with E-state index >= 15 is 0 Å². The van der Waals surface area contributed by atoms with Crippen LogP contribution in [0.2, 0.25) is 0 Å². The average molecular weight is 364 g/mol. The fraction of sp³-hybridized carbons (Fsp3) is 0.150. The Morgan fingerprint density at radius 2 is 1.63 bits per heavy atom. The molecule has 0 spiro atoms. The van der Waals surface area contributed by atoms with E-state index in [2.05, 4.69) is 20.6 Å². The first-order valence-corrected chi connectivity index (χ1v) is 8.46. The molecule has 0 amide bonds. The van der Waals surface area contributed by atoms with Gasteiger partial charge in [-0.25, -0.2) is 14.8 Å². The highest BCUT2D eigenvalue weighted by molar-refractivity contribution is 5.89. The minimum atomic E-state index is -0.978. The van der Waals surface area contributed by atoms with Crippen molar-refractivity contribution in [2.45, 2.75) is 20.0 Å². The van der Waals surface area contributed by atoms with Crippen LogP contribution < -0.4 is 15.4 Å². The van der Waals surface area contributed by atoms with Crippen molar-refractivity contribution >= 4 is 29.0 Å². The molecule has 0 bridgehead atoms. The van der Waals surface area contributed by atoms with Crippen LogP contribution in [0.25, 0.3) is 0 Å². The summed E-state index contributed by atoms with van der Waals surface area (Å²) in [5.74, 6) is 0.988. The van der Waals surface area contributed by atoms with Crippen LogP contribution in [-0.4, -0.2) is 27.1 Å². The zero-order chi connectivity index (χ0) is 19.2. The van der Waals surface area contributed by atoms with E-state index in [-0.39, 0.29) is 11.7 Å². The Hall–Kier alpha value is -3.61. The molecule has 0 aliphatic carbocycles. The van der Waals surface area contributed by atoms with Crippen LogP contribution in [0.1, 0.15) is 24.2 Å². The topological polar surface area (TPSA) is 96.4 Å². The summed E-state index contributed by atoms with van der Waals surface area (Å²) >= 11 is 0. The number of aromatic carboxylic acids is 1. The minimum absolute atomic E-state index is 0.124. The zero-order valence-electron chi connectivity index (χ0n) is 15.0. The van der Waals surface area contributed by atoms with Crippen molar-refractivity contribution in [1.82, 2.24) is 9.97 Å². The summed E-state index contributed by atoms with van der Waals surface area (Å²) in [6.07, 6.45) is 1.56. The van der Waals surface area contributed by atoms with Gasteiger partial charge in [-0.1, -0.05) is 6.07 Å². The van der Waals surface area contributed by atoms with Gasteiger partial charge in [0, 0.05) is 17.4 Å². The quantitative estimate of drug-likeness (QED) is 0.570. The molecule has 1 aromatic heterocycles. The van der Waals surface area contributed by atoms with Gasteiger partial charge in [0.1, 0.15) is 23.7 Å². The number of nitrogens with zero attached hydrogens (tertiary/aromatic N) is 2. The molecular formula is C20H20N4O3. The van der Waals surface area contributed by atoms with E-state index in [1.54, 1.807) is 24.3 Å². The number of anilines is 4. The Morgan fingerprint density at radius 3 is 2.26 bits per heavy atom. The molecule has 27 heavy (non-hydrogen) atoms. The molecule has 0 aliphatic rings. The van der Waals surface area contributed by atoms with Gasteiger partial charge in [0.05, 0.1) is 11.7 Å². The van der Waals surface area contributed by atoms with Crippen molar-refractivity contribution in [2.24, 2.45) is 0 Å². The van der Waals surface area contributed by atoms with Crippen LogP contribution in [0.4, 0.5) is 23.0 Å². The molecule has 1 heterocycles. The first-order valence-electron chi connectivity index (χ1n) is 8.46. The van der Waals surface area contributed by atoms with Gasteiger partial charge in [-0.05, 0) is 56.3 Å². The van der Waals surface area contributed by atoms with Gasteiger partial charge in [-0.15, -0.1) is 0 Å². The molecule has 7 heteroatoms. The third-order valence-electron chi connectivity index (χ3n) is 3.55. The number of carbonyl (C=O) groups is 1. The van der Waals surface area contributed by atoms with Crippen molar-refractivity contribution in [3.8, 4) is 5.75 Å². The fourth-order valence-corrected chi connectivity index (χ4v) is 2.41. The van der Waals surface area contributed by atoms with Gasteiger partial charge in [-0.3, -0.25) is 0 Å². The summed E-state index contributed by atoms with van der Waals surface area (Å²) in [5, 5.41) is 15.4. The maximum Gasteiger partial charge on any atom is 0.335 e. The molecule has 3 aromatic rings. The van der Waals surface area contributed by atoms with E-state index in [0.29, 0.717) is 17.3 Å². The van der Waals surface area contributed by atoms with Crippen molar-refractivity contribution in [1.29, 1.82) is 0 Å². The molecule has 0 saturated carbocycles. The second-order valence-corrected chi connectivity index (χ2v) is 6.12. The van der Waals surface area contributed by atoms with Crippen LogP contribution in [0.3, 0.4) is 0 Å². The minimum Gasteiger partial charge on any atom is -0.491 e. The van der Waals surface area contributed by atoms with E-state index in [1.807, 2.05) is 38.1 Å². The van der Waals surface area contributed by atoms with Crippen molar-refractivity contribution in [3.05, 3.63) is 66.5 Å². The van der Waals surface area contributed by atoms with Crippen LogP contribution in [0, 0.1) is 0 Å². The number of ether oxygens (including phenoxy) is 1. The first kappa shape index (κ1) is 18.2. The predicted octanol–water partition coefficient (Wildman–Crippen LogP) is 4.45. The number of carboxylic acid groups (broad SMARTS) is 1. The summed E-state index contributed by atoms with van der Waals surface area (Å²) < 4.78 is 5.63. The van der Waals surface area contributed by atoms with Crippen molar-refractivity contribution in [3.63, 3.8) is 0 Å². The van der Waals surface area contributed by atoms with Gasteiger partial charge < -0.3 is 20.5 Å². The number of hydrogen-bond acceptors (Lipinski definition) is 6. The van der Waals surface area contributed by atoms with Gasteiger partial charge in [0.25, 0.3) is 0 Å². The van der Waals surface area contributed by atoms with Crippen molar-refractivity contribution < 1.29 is 14.6 Å². The molecule has 0 atom stereocenters. The Morgan fingerprint density at radius 1 is 0.963 bits per heavy atom. The first-order chi connectivity index (χ1) is 13.0. The van der Waals surface area contributed by atoms with Crippen molar-refractivity contribution in [2.75, 3.05) is 10.6 Å². The largest absolute Gasteiger partial charge is 0.491 e. The Labute approximate surface area is 157 Å². The summed E-state index contributed by atoms with van der Waals surface area (Å²) in [6, 6.07) is 15.9. The second-order valence-electron chi connectivity index (χ2n) is 6.12. The molecular weight excluding hydrogens is 344 g/mol. The molecule has 0 unspecified atom stereocenters. The zero-order valence-corrected chi connectivity index (χ0v) is 15.0. The van der Waals surface area contributed by atoms with E-state index in [0.717, 1.165) is 11.4 Å². The standard InChI is InChI=1S/C20H20N4O3/c1-13(2)27-17-8-6-15(7-9-17)23-18-11-19(22-12-21-18)24-16-5-3-4-14(10-16)20(25)26/h3-13H,1-2H3,(H,25,26)(H2,21,22,23,24). The van der Waals surface area contributed by atoms with Crippen LogP contribution in [0.15, 0.2) is 60.9 Å². The lowest BCUT2D eigenvalue weighted by atomic mass is 10.2. The summed E-state index contributed by atoms with van der Waals surface area (Å²) in [5.41, 5.74) is 1.70. The predicted molar refractivity (Wildman–Crippen MR) is 104 cm³/mol. The molecule has 7 nitrogen and oxygen atoms in total. The molecule has 0 radical (unpaired) electrons. The normalized spacial score (nSPS) is 10.5. The number of rotatable bonds is 7. The van der Waals surface area contributed by atoms with Crippen LogP contribution >= 0.6 is 0 Å². The number of hydrogen-bond donors (Lipinski definition) is 3. The number of nitrogens with one attached hydrogen (secondary N) is 2. The molecule has 3 rings (SSSR count). The maximum atomic E-state index is 11.1. The highest BCUT2D eigenvalue weighted by Crippen LogP contribution is 2.22. The van der Waals surface area contributed by atoms with Gasteiger partial charge in [-0.2, -0.15) is 0 Å². The fourth-order valence-electron chi connectivity index (χ4n) is 2.41. The molecule has 2 aromatic carbocycles. The van der Waals surface area contributed by atoms with E-state index in [1.165, 1.54) is 12.4 Å². The maximum absolute atomic E-state index is 11.1. The monoisotopic (exact) mass is 364 g/mol. The van der Waals surface area contributed by atoms with E-state index in [4.69, 9.17) is 9.84 Å². The Bertz CT molecular complexity index is 927. The second kappa shape index (κ2) is 8.18. The molecule has 0 fully saturated rings. The molecule has 0 saturated heterocycles. The van der Waals surface area contributed by atoms with E-state index in [9.17, 15) is 4.79 Å². The average Bonchev–Trinajstić information content (AvgIpc) is 2.63.